The van der Waals surface area contributed by atoms with E-state index in [1.807, 2.05) is 8.51 Å². The van der Waals surface area contributed by atoms with Crippen molar-refractivity contribution in [2.45, 2.75) is 4.68 Å². The third-order valence-corrected chi connectivity index (χ3v) is 4.84. The Labute approximate surface area is 49.9 Å². The molecule has 1 heterocycles. The summed E-state index contributed by atoms with van der Waals surface area (Å²) in [6, 6.07) is 0. The quantitative estimate of drug-likeness (QED) is 0.556. The van der Waals surface area contributed by atoms with E-state index in [1.165, 1.54) is 6.08 Å². The molecule has 1 aliphatic rings. The van der Waals surface area contributed by atoms with Crippen LogP contribution in [0.3, 0.4) is 0 Å². The molecule has 0 bridgehead atoms. The van der Waals surface area contributed by atoms with E-state index < -0.39 is 21.7 Å². The molecule has 0 radical (unpaired) electrons. The van der Waals surface area contributed by atoms with Crippen LogP contribution in [0.5, 0.6) is 0 Å². The first-order chi connectivity index (χ1) is 3.29. The Morgan fingerprint density at radius 1 is 1.86 bits per heavy atom. The van der Waals surface area contributed by atoms with Crippen LogP contribution in [-0.4, -0.2) is 27.7 Å². The van der Waals surface area contributed by atoms with Gasteiger partial charge in [-0.2, -0.15) is 0 Å². The molecule has 0 fully saturated rings. The first-order valence-corrected chi connectivity index (χ1v) is 8.88. The molecule has 0 spiro atoms. The van der Waals surface area contributed by atoms with Crippen molar-refractivity contribution in [3.05, 3.63) is 9.91 Å². The van der Waals surface area contributed by atoms with E-state index >= 15 is 0 Å². The van der Waals surface area contributed by atoms with E-state index in [9.17, 15) is 4.39 Å². The van der Waals surface area contributed by atoms with Gasteiger partial charge in [0.15, 0.2) is 0 Å². The molecule has 1 aliphatic heterocycles. The van der Waals surface area contributed by atoms with Crippen LogP contribution in [0.2, 0.25) is 4.68 Å². The monoisotopic (exact) mass is 201 g/mol. The number of hydrogen-bond acceptors (Lipinski definition) is 1. The van der Waals surface area contributed by atoms with E-state index in [1.54, 1.807) is 0 Å². The Balaban J connectivity index is 2.69. The van der Waals surface area contributed by atoms with Gasteiger partial charge in [0.05, 0.1) is 0 Å². The summed E-state index contributed by atoms with van der Waals surface area (Å²) in [6.45, 7) is 0. The van der Waals surface area contributed by atoms with Crippen molar-refractivity contribution < 1.29 is 4.39 Å². The van der Waals surface area contributed by atoms with Gasteiger partial charge in [-0.1, -0.05) is 0 Å². The van der Waals surface area contributed by atoms with Crippen molar-refractivity contribution in [1.29, 1.82) is 0 Å². The Morgan fingerprint density at radius 3 is 2.71 bits per heavy atom. The predicted molar refractivity (Wildman–Crippen MR) is 29.3 cm³/mol. The Kier molecular flexibility index (Phi) is 1.52. The van der Waals surface area contributed by atoms with E-state index in [-0.39, 0.29) is 5.97 Å². The molecule has 7 heavy (non-hydrogen) atoms. The van der Waals surface area contributed by atoms with E-state index in [0.29, 0.717) is 0 Å². The van der Waals surface area contributed by atoms with E-state index in [0.717, 1.165) is 0 Å². The van der Waals surface area contributed by atoms with Gasteiger partial charge in [-0.3, -0.25) is 0 Å². The van der Waals surface area contributed by atoms with Crippen molar-refractivity contribution in [1.82, 2.24) is 0 Å². The summed E-state index contributed by atoms with van der Waals surface area (Å²) in [5.41, 5.74) is 0. The van der Waals surface area contributed by atoms with Crippen LogP contribution in [0, 0.1) is 0 Å². The summed E-state index contributed by atoms with van der Waals surface area (Å²) in [6.07, 6.45) is 1.47. The van der Waals surface area contributed by atoms with Crippen LogP contribution in [-0.2, 0) is 0 Å². The summed E-state index contributed by atoms with van der Waals surface area (Å²) in [5, 5.41) is 0. The van der Waals surface area contributed by atoms with E-state index in [2.05, 4.69) is 2.98 Å². The number of allylic oxidation sites excluding steroid dienone is 1. The van der Waals surface area contributed by atoms with Gasteiger partial charge in [0.2, 0.25) is 0 Å². The molecule has 0 aromatic rings. The molecule has 1 rings (SSSR count). The predicted octanol–water partition coefficient (Wildman–Crippen LogP) is 1.08. The maximum atomic E-state index is 11.9. The van der Waals surface area contributed by atoms with Gasteiger partial charge in [-0.25, -0.2) is 0 Å². The van der Waals surface area contributed by atoms with Crippen molar-refractivity contribution in [3.8, 4) is 0 Å². The van der Waals surface area contributed by atoms with Crippen LogP contribution in [0.4, 0.5) is 4.39 Å². The first-order valence-electron chi connectivity index (χ1n) is 2.20. The fourth-order valence-electron chi connectivity index (χ4n) is 0.499. The molecule has 0 saturated carbocycles. The van der Waals surface area contributed by atoms with E-state index in [4.69, 9.17) is 0 Å². The fourth-order valence-corrected chi connectivity index (χ4v) is 3.35. The molecule has 3 heteroatoms. The molecule has 0 atom stereocenters. The number of hydrogen-bond donors (Lipinski definition) is 0. The second kappa shape index (κ2) is 1.99. The van der Waals surface area contributed by atoms with Crippen LogP contribution >= 0.6 is 0 Å². The zero-order valence-electron chi connectivity index (χ0n) is 4.06. The van der Waals surface area contributed by atoms with Crippen molar-refractivity contribution in [3.63, 3.8) is 0 Å². The van der Waals surface area contributed by atoms with Gasteiger partial charge in [0, 0.05) is 0 Å². The normalized spacial score (nSPS) is 18.0. The van der Waals surface area contributed by atoms with Crippen LogP contribution in [0.1, 0.15) is 0 Å². The third-order valence-electron chi connectivity index (χ3n) is 0.839. The molecule has 0 N–H and O–H groups in total. The van der Waals surface area contributed by atoms with Gasteiger partial charge in [0.25, 0.3) is 0 Å². The standard InChI is InChI=1S/C3H2FN.CH3.In/c1-2-3(4)5;;/h1-2H;1H3;/q-1;;+1. The van der Waals surface area contributed by atoms with Crippen molar-refractivity contribution in [2.75, 3.05) is 0 Å². The van der Waals surface area contributed by atoms with Gasteiger partial charge in [-0.15, -0.1) is 0 Å². The summed E-state index contributed by atoms with van der Waals surface area (Å²) < 4.78 is 19.6. The maximum absolute atomic E-state index is 11.9. The van der Waals surface area contributed by atoms with Crippen molar-refractivity contribution in [2.24, 2.45) is 2.98 Å². The number of halogens is 1. The van der Waals surface area contributed by atoms with Crippen LogP contribution < -0.4 is 0 Å². The summed E-state index contributed by atoms with van der Waals surface area (Å²) in [5.74, 6) is -0.261. The summed E-state index contributed by atoms with van der Waals surface area (Å²) in [7, 11) is 0. The van der Waals surface area contributed by atoms with Crippen LogP contribution in [0.25, 0.3) is 0 Å². The SMILES string of the molecule is [CH3][In]1[CH]=CC(F)=[N]1. The molecule has 0 amide bonds. The van der Waals surface area contributed by atoms with Gasteiger partial charge in [-0.05, 0) is 0 Å². The summed E-state index contributed by atoms with van der Waals surface area (Å²) >= 11 is -1.65. The minimum atomic E-state index is -1.65. The Bertz CT molecular complexity index is 130. The zero-order valence-corrected chi connectivity index (χ0v) is 7.35. The molecular formula is C4H5FInN. The molecule has 0 unspecified atom stereocenters. The van der Waals surface area contributed by atoms with Crippen LogP contribution in [0.15, 0.2) is 12.9 Å². The second-order valence-electron chi connectivity index (χ2n) is 1.55. The average molecular weight is 201 g/mol. The molecule has 0 aliphatic carbocycles. The molecular weight excluding hydrogens is 196 g/mol. The van der Waals surface area contributed by atoms with Gasteiger partial charge >= 0.3 is 49.7 Å². The summed E-state index contributed by atoms with van der Waals surface area (Å²) in [4.78, 5) is 0. The van der Waals surface area contributed by atoms with Gasteiger partial charge < -0.3 is 0 Å². The Hall–Kier alpha value is 0.210. The van der Waals surface area contributed by atoms with Crippen molar-refractivity contribution >= 4 is 27.7 Å². The molecule has 0 aromatic heterocycles. The first kappa shape index (κ1) is 5.35. The zero-order chi connectivity index (χ0) is 5.28. The molecule has 0 saturated heterocycles. The molecule has 1 nitrogen and oxygen atoms in total. The molecule has 0 aromatic carbocycles. The fraction of sp³-hybridized carbons (Fsp3) is 0.250. The van der Waals surface area contributed by atoms with Gasteiger partial charge in [0.1, 0.15) is 0 Å². The Morgan fingerprint density at radius 2 is 2.57 bits per heavy atom. The minimum absolute atomic E-state index is 0.261. The second-order valence-corrected chi connectivity index (χ2v) is 7.61. The molecule has 36 valence electrons. The number of rotatable bonds is 0. The third kappa shape index (κ3) is 1.30. The topological polar surface area (TPSA) is 12.4 Å². The average Bonchev–Trinajstić information content (AvgIpc) is 1.87. The number of nitrogens with zero attached hydrogens (tertiary/aromatic N) is 1.